The lowest BCUT2D eigenvalue weighted by atomic mass is 10.2. The van der Waals surface area contributed by atoms with Crippen LogP contribution in [0.4, 0.5) is 5.69 Å². The van der Waals surface area contributed by atoms with Crippen LogP contribution < -0.4 is 14.8 Å². The molecule has 1 rings (SSSR count). The Labute approximate surface area is 96.2 Å². The highest BCUT2D eigenvalue weighted by molar-refractivity contribution is 5.54. The largest absolute Gasteiger partial charge is 0.493 e. The standard InChI is InChI=1S/C12H19NO3/c1-3-13-10-5-6-11(15-2)12(9-10)16-8-4-7-14/h5-6,9,13-14H,3-4,7-8H2,1-2H3. The first-order valence-corrected chi connectivity index (χ1v) is 5.47. The third kappa shape index (κ3) is 3.62. The van der Waals surface area contributed by atoms with Crippen LogP contribution in [0.3, 0.4) is 0 Å². The molecule has 0 heterocycles. The van der Waals surface area contributed by atoms with Gasteiger partial charge in [-0.05, 0) is 19.1 Å². The van der Waals surface area contributed by atoms with Crippen LogP contribution in [0.2, 0.25) is 0 Å². The summed E-state index contributed by atoms with van der Waals surface area (Å²) in [5.41, 5.74) is 1.00. The van der Waals surface area contributed by atoms with Crippen LogP contribution in [-0.2, 0) is 0 Å². The van der Waals surface area contributed by atoms with E-state index in [4.69, 9.17) is 14.6 Å². The fraction of sp³-hybridized carbons (Fsp3) is 0.500. The first-order chi connectivity index (χ1) is 7.81. The van der Waals surface area contributed by atoms with E-state index < -0.39 is 0 Å². The van der Waals surface area contributed by atoms with Gasteiger partial charge in [0.25, 0.3) is 0 Å². The fourth-order valence-corrected chi connectivity index (χ4v) is 1.35. The Morgan fingerprint density at radius 2 is 2.12 bits per heavy atom. The molecule has 0 unspecified atom stereocenters. The minimum absolute atomic E-state index is 0.134. The molecule has 0 aliphatic heterocycles. The van der Waals surface area contributed by atoms with Gasteiger partial charge in [-0.1, -0.05) is 0 Å². The van der Waals surface area contributed by atoms with Crippen molar-refractivity contribution in [1.29, 1.82) is 0 Å². The van der Waals surface area contributed by atoms with Crippen molar-refractivity contribution >= 4 is 5.69 Å². The minimum Gasteiger partial charge on any atom is -0.493 e. The third-order valence-electron chi connectivity index (χ3n) is 2.10. The van der Waals surface area contributed by atoms with Crippen LogP contribution in [0, 0.1) is 0 Å². The summed E-state index contributed by atoms with van der Waals surface area (Å²) in [7, 11) is 1.61. The maximum Gasteiger partial charge on any atom is 0.163 e. The normalized spacial score (nSPS) is 9.94. The Morgan fingerprint density at radius 3 is 2.75 bits per heavy atom. The van der Waals surface area contributed by atoms with Crippen LogP contribution >= 0.6 is 0 Å². The highest BCUT2D eigenvalue weighted by Gasteiger charge is 2.05. The van der Waals surface area contributed by atoms with Gasteiger partial charge in [0.15, 0.2) is 11.5 Å². The molecule has 0 spiro atoms. The second-order valence-corrected chi connectivity index (χ2v) is 3.32. The number of hydrogen-bond donors (Lipinski definition) is 2. The number of benzene rings is 1. The predicted octanol–water partition coefficient (Wildman–Crippen LogP) is 1.89. The topological polar surface area (TPSA) is 50.7 Å². The number of aliphatic hydroxyl groups excluding tert-OH is 1. The van der Waals surface area contributed by atoms with Crippen molar-refractivity contribution in [2.75, 3.05) is 32.2 Å². The van der Waals surface area contributed by atoms with Crippen molar-refractivity contribution in [3.05, 3.63) is 18.2 Å². The second-order valence-electron chi connectivity index (χ2n) is 3.32. The van der Waals surface area contributed by atoms with Crippen molar-refractivity contribution in [3.8, 4) is 11.5 Å². The molecular weight excluding hydrogens is 206 g/mol. The fourth-order valence-electron chi connectivity index (χ4n) is 1.35. The summed E-state index contributed by atoms with van der Waals surface area (Å²) in [5.74, 6) is 1.41. The molecule has 4 heteroatoms. The van der Waals surface area contributed by atoms with Gasteiger partial charge in [0.2, 0.25) is 0 Å². The maximum atomic E-state index is 8.69. The number of methoxy groups -OCH3 is 1. The van der Waals surface area contributed by atoms with Crippen molar-refractivity contribution < 1.29 is 14.6 Å². The molecule has 2 N–H and O–H groups in total. The molecule has 1 aromatic carbocycles. The minimum atomic E-state index is 0.134. The molecule has 0 aromatic heterocycles. The molecular formula is C12H19NO3. The monoisotopic (exact) mass is 225 g/mol. The van der Waals surface area contributed by atoms with Crippen molar-refractivity contribution in [3.63, 3.8) is 0 Å². The third-order valence-corrected chi connectivity index (χ3v) is 2.10. The Balaban J connectivity index is 2.72. The van der Waals surface area contributed by atoms with Crippen molar-refractivity contribution in [2.24, 2.45) is 0 Å². The van der Waals surface area contributed by atoms with E-state index in [1.54, 1.807) is 7.11 Å². The van der Waals surface area contributed by atoms with Gasteiger partial charge in [0.1, 0.15) is 0 Å². The van der Waals surface area contributed by atoms with Gasteiger partial charge in [0.05, 0.1) is 13.7 Å². The summed E-state index contributed by atoms with van der Waals surface area (Å²) in [5, 5.41) is 11.9. The van der Waals surface area contributed by atoms with E-state index in [1.165, 1.54) is 0 Å². The zero-order valence-electron chi connectivity index (χ0n) is 9.82. The zero-order chi connectivity index (χ0) is 11.8. The van der Waals surface area contributed by atoms with Gasteiger partial charge in [-0.3, -0.25) is 0 Å². The summed E-state index contributed by atoms with van der Waals surface area (Å²) in [4.78, 5) is 0. The molecule has 4 nitrogen and oxygen atoms in total. The van der Waals surface area contributed by atoms with E-state index in [9.17, 15) is 0 Å². The molecule has 0 bridgehead atoms. The Hall–Kier alpha value is -1.42. The number of nitrogens with one attached hydrogen (secondary N) is 1. The highest BCUT2D eigenvalue weighted by Crippen LogP contribution is 2.30. The van der Waals surface area contributed by atoms with Crippen LogP contribution in [0.1, 0.15) is 13.3 Å². The number of aliphatic hydroxyl groups is 1. The maximum absolute atomic E-state index is 8.69. The summed E-state index contributed by atoms with van der Waals surface area (Å²) >= 11 is 0. The second kappa shape index (κ2) is 6.95. The van der Waals surface area contributed by atoms with E-state index >= 15 is 0 Å². The lowest BCUT2D eigenvalue weighted by molar-refractivity contribution is 0.228. The summed E-state index contributed by atoms with van der Waals surface area (Å²) < 4.78 is 10.7. The number of ether oxygens (including phenoxy) is 2. The number of hydrogen-bond acceptors (Lipinski definition) is 4. The highest BCUT2D eigenvalue weighted by atomic mass is 16.5. The average molecular weight is 225 g/mol. The predicted molar refractivity (Wildman–Crippen MR) is 64.4 cm³/mol. The van der Waals surface area contributed by atoms with E-state index in [0.29, 0.717) is 24.5 Å². The van der Waals surface area contributed by atoms with Crippen LogP contribution in [-0.4, -0.2) is 32.0 Å². The number of anilines is 1. The van der Waals surface area contributed by atoms with Gasteiger partial charge in [-0.2, -0.15) is 0 Å². The Kier molecular flexibility index (Phi) is 5.50. The molecule has 0 amide bonds. The van der Waals surface area contributed by atoms with E-state index in [0.717, 1.165) is 12.2 Å². The molecule has 90 valence electrons. The molecule has 0 saturated heterocycles. The van der Waals surface area contributed by atoms with Gasteiger partial charge in [-0.25, -0.2) is 0 Å². The van der Waals surface area contributed by atoms with Crippen LogP contribution in [0.15, 0.2) is 18.2 Å². The first-order valence-electron chi connectivity index (χ1n) is 5.47. The SMILES string of the molecule is CCNc1ccc(OC)c(OCCCO)c1. The summed E-state index contributed by atoms with van der Waals surface area (Å²) in [6, 6.07) is 5.72. The molecule has 0 aliphatic rings. The number of rotatable bonds is 7. The molecule has 0 aliphatic carbocycles. The molecule has 0 fully saturated rings. The first kappa shape index (κ1) is 12.6. The lowest BCUT2D eigenvalue weighted by Gasteiger charge is -2.12. The van der Waals surface area contributed by atoms with Gasteiger partial charge in [0, 0.05) is 31.3 Å². The van der Waals surface area contributed by atoms with E-state index in [2.05, 4.69) is 5.32 Å². The summed E-state index contributed by atoms with van der Waals surface area (Å²) in [6.45, 7) is 3.52. The quantitative estimate of drug-likeness (QED) is 0.696. The Bertz CT molecular complexity index is 315. The Morgan fingerprint density at radius 1 is 1.31 bits per heavy atom. The van der Waals surface area contributed by atoms with Gasteiger partial charge >= 0.3 is 0 Å². The smallest absolute Gasteiger partial charge is 0.163 e. The van der Waals surface area contributed by atoms with E-state index in [1.807, 2.05) is 25.1 Å². The van der Waals surface area contributed by atoms with Crippen LogP contribution in [0.25, 0.3) is 0 Å². The molecule has 0 radical (unpaired) electrons. The zero-order valence-corrected chi connectivity index (χ0v) is 9.82. The van der Waals surface area contributed by atoms with Gasteiger partial charge < -0.3 is 19.9 Å². The lowest BCUT2D eigenvalue weighted by Crippen LogP contribution is -2.03. The van der Waals surface area contributed by atoms with Crippen molar-refractivity contribution in [1.82, 2.24) is 0 Å². The van der Waals surface area contributed by atoms with Crippen molar-refractivity contribution in [2.45, 2.75) is 13.3 Å². The molecule has 1 aromatic rings. The van der Waals surface area contributed by atoms with E-state index in [-0.39, 0.29) is 6.61 Å². The summed E-state index contributed by atoms with van der Waals surface area (Å²) in [6.07, 6.45) is 0.620. The molecule has 16 heavy (non-hydrogen) atoms. The average Bonchev–Trinajstić information content (AvgIpc) is 2.30. The molecule has 0 atom stereocenters. The van der Waals surface area contributed by atoms with Crippen LogP contribution in [0.5, 0.6) is 11.5 Å². The molecule has 0 saturated carbocycles. The van der Waals surface area contributed by atoms with Gasteiger partial charge in [-0.15, -0.1) is 0 Å².